The summed E-state index contributed by atoms with van der Waals surface area (Å²) in [5, 5.41) is 13.0. The number of benzene rings is 1. The van der Waals surface area contributed by atoms with Crippen molar-refractivity contribution in [3.8, 4) is 5.75 Å². The zero-order valence-corrected chi connectivity index (χ0v) is 14.2. The first-order valence-electron chi connectivity index (χ1n) is 8.65. The van der Waals surface area contributed by atoms with Gasteiger partial charge in [0.2, 0.25) is 5.91 Å². The number of aromatic hydroxyl groups is 1. The highest BCUT2D eigenvalue weighted by Crippen LogP contribution is 2.36. The van der Waals surface area contributed by atoms with E-state index in [4.69, 9.17) is 0 Å². The molecule has 0 aliphatic heterocycles. The number of carbonyl (C=O) groups is 1. The van der Waals surface area contributed by atoms with Crippen molar-refractivity contribution in [2.45, 2.75) is 38.6 Å². The van der Waals surface area contributed by atoms with Crippen molar-refractivity contribution >= 4 is 11.6 Å². The molecule has 0 saturated carbocycles. The average molecular weight is 335 g/mol. The fraction of sp³-hybridized carbons (Fsp3) is 0.300. The molecule has 2 heterocycles. The van der Waals surface area contributed by atoms with Gasteiger partial charge < -0.3 is 14.8 Å². The van der Waals surface area contributed by atoms with Crippen LogP contribution in [0.1, 0.15) is 41.1 Å². The van der Waals surface area contributed by atoms with E-state index < -0.39 is 0 Å². The third-order valence-corrected chi connectivity index (χ3v) is 4.97. The lowest BCUT2D eigenvalue weighted by atomic mass is 9.82. The second-order valence-electron chi connectivity index (χ2n) is 6.66. The van der Waals surface area contributed by atoms with Crippen LogP contribution in [0.2, 0.25) is 0 Å². The maximum Gasteiger partial charge on any atom is 0.227 e. The number of phenols is 1. The molecule has 25 heavy (non-hydrogen) atoms. The third kappa shape index (κ3) is 2.86. The third-order valence-electron chi connectivity index (χ3n) is 4.97. The molecule has 1 aliphatic carbocycles. The van der Waals surface area contributed by atoms with Gasteiger partial charge in [0.25, 0.3) is 0 Å². The molecule has 0 radical (unpaired) electrons. The number of carbonyl (C=O) groups excluding carboxylic acids is 1. The van der Waals surface area contributed by atoms with Gasteiger partial charge in [-0.25, -0.2) is 4.98 Å². The summed E-state index contributed by atoms with van der Waals surface area (Å²) >= 11 is 0. The highest BCUT2D eigenvalue weighted by atomic mass is 16.3. The predicted octanol–water partition coefficient (Wildman–Crippen LogP) is 3.08. The Bertz CT molecular complexity index is 945. The molecular formula is C20H21N3O2. The number of nitrogens with zero attached hydrogens (tertiary/aromatic N) is 2. The van der Waals surface area contributed by atoms with Crippen LogP contribution in [0, 0.1) is 6.92 Å². The zero-order valence-electron chi connectivity index (χ0n) is 14.2. The van der Waals surface area contributed by atoms with Gasteiger partial charge >= 0.3 is 0 Å². The number of phenolic OH excluding ortho intramolecular Hbond substituents is 1. The largest absolute Gasteiger partial charge is 0.508 e. The molecule has 0 fully saturated rings. The van der Waals surface area contributed by atoms with Crippen molar-refractivity contribution < 1.29 is 9.90 Å². The van der Waals surface area contributed by atoms with E-state index in [1.807, 2.05) is 48.0 Å². The Morgan fingerprint density at radius 1 is 1.36 bits per heavy atom. The van der Waals surface area contributed by atoms with Crippen molar-refractivity contribution in [3.05, 3.63) is 65.1 Å². The molecule has 4 rings (SSSR count). The fourth-order valence-corrected chi connectivity index (χ4v) is 3.69. The van der Waals surface area contributed by atoms with Gasteiger partial charge in [-0.3, -0.25) is 4.79 Å². The van der Waals surface area contributed by atoms with Crippen LogP contribution in [0.5, 0.6) is 5.75 Å². The second kappa shape index (κ2) is 6.24. The Kier molecular flexibility index (Phi) is 3.92. The van der Waals surface area contributed by atoms with Gasteiger partial charge in [-0.1, -0.05) is 18.2 Å². The van der Waals surface area contributed by atoms with E-state index >= 15 is 0 Å². The van der Waals surface area contributed by atoms with Crippen molar-refractivity contribution in [1.29, 1.82) is 0 Å². The number of nitrogens with one attached hydrogen (secondary N) is 1. The SMILES string of the molecule is Cc1cccn2cc(CNC(=O)C3CCCc4c(O)cccc43)nc12. The summed E-state index contributed by atoms with van der Waals surface area (Å²) < 4.78 is 1.98. The molecule has 1 unspecified atom stereocenters. The quantitative estimate of drug-likeness (QED) is 0.773. The number of amides is 1. The van der Waals surface area contributed by atoms with Crippen LogP contribution in [0.25, 0.3) is 5.65 Å². The molecule has 5 heteroatoms. The number of imidazole rings is 1. The molecule has 5 nitrogen and oxygen atoms in total. The Morgan fingerprint density at radius 3 is 3.08 bits per heavy atom. The molecule has 128 valence electrons. The van der Waals surface area contributed by atoms with Gasteiger partial charge in [0.1, 0.15) is 11.4 Å². The van der Waals surface area contributed by atoms with Crippen molar-refractivity contribution in [2.75, 3.05) is 0 Å². The van der Waals surface area contributed by atoms with E-state index in [9.17, 15) is 9.90 Å². The first-order valence-corrected chi connectivity index (χ1v) is 8.65. The highest BCUT2D eigenvalue weighted by Gasteiger charge is 2.27. The monoisotopic (exact) mass is 335 g/mol. The molecular weight excluding hydrogens is 314 g/mol. The van der Waals surface area contributed by atoms with Crippen LogP contribution in [0.3, 0.4) is 0 Å². The van der Waals surface area contributed by atoms with E-state index in [-0.39, 0.29) is 11.8 Å². The number of pyridine rings is 1. The minimum absolute atomic E-state index is 0.000304. The normalized spacial score (nSPS) is 16.6. The molecule has 1 aromatic carbocycles. The summed E-state index contributed by atoms with van der Waals surface area (Å²) in [6, 6.07) is 9.46. The van der Waals surface area contributed by atoms with Crippen molar-refractivity contribution in [3.63, 3.8) is 0 Å². The number of aromatic nitrogens is 2. The smallest absolute Gasteiger partial charge is 0.227 e. The van der Waals surface area contributed by atoms with E-state index in [0.29, 0.717) is 12.3 Å². The summed E-state index contributed by atoms with van der Waals surface area (Å²) in [5.41, 5.74) is 4.73. The average Bonchev–Trinajstić information content (AvgIpc) is 3.04. The maximum atomic E-state index is 12.7. The molecule has 1 atom stereocenters. The lowest BCUT2D eigenvalue weighted by Crippen LogP contribution is -2.31. The number of hydrogen-bond donors (Lipinski definition) is 2. The first kappa shape index (κ1) is 15.7. The minimum Gasteiger partial charge on any atom is -0.508 e. The Balaban J connectivity index is 1.51. The van der Waals surface area contributed by atoms with Gasteiger partial charge in [0.05, 0.1) is 18.2 Å². The standard InChI is InChI=1S/C20H21N3O2/c1-13-5-4-10-23-12-14(22-19(13)23)11-21-20(25)17-8-2-7-16-15(17)6-3-9-18(16)24/h3-6,9-10,12,17,24H,2,7-8,11H2,1H3,(H,21,25). The zero-order chi connectivity index (χ0) is 17.4. The van der Waals surface area contributed by atoms with E-state index in [1.165, 1.54) is 0 Å². The summed E-state index contributed by atoms with van der Waals surface area (Å²) in [5.74, 6) is 0.0979. The molecule has 2 N–H and O–H groups in total. The summed E-state index contributed by atoms with van der Waals surface area (Å²) in [4.78, 5) is 17.3. The Hall–Kier alpha value is -2.82. The van der Waals surface area contributed by atoms with Gasteiger partial charge in [0, 0.05) is 12.4 Å². The summed E-state index contributed by atoms with van der Waals surface area (Å²) in [6.07, 6.45) is 6.46. The van der Waals surface area contributed by atoms with Crippen LogP contribution < -0.4 is 5.32 Å². The lowest BCUT2D eigenvalue weighted by Gasteiger charge is -2.25. The molecule has 1 amide bonds. The van der Waals surface area contributed by atoms with Crippen LogP contribution in [0.15, 0.2) is 42.7 Å². The van der Waals surface area contributed by atoms with E-state index in [0.717, 1.165) is 47.3 Å². The molecule has 0 spiro atoms. The number of aryl methyl sites for hydroxylation is 1. The van der Waals surface area contributed by atoms with Crippen molar-refractivity contribution in [2.24, 2.45) is 0 Å². The number of hydrogen-bond acceptors (Lipinski definition) is 3. The van der Waals surface area contributed by atoms with Crippen LogP contribution in [0.4, 0.5) is 0 Å². The number of fused-ring (bicyclic) bond motifs is 2. The first-order chi connectivity index (χ1) is 12.1. The second-order valence-corrected chi connectivity index (χ2v) is 6.66. The fourth-order valence-electron chi connectivity index (χ4n) is 3.69. The van der Waals surface area contributed by atoms with E-state index in [2.05, 4.69) is 10.3 Å². The topological polar surface area (TPSA) is 66.6 Å². The van der Waals surface area contributed by atoms with Gasteiger partial charge in [-0.15, -0.1) is 0 Å². The summed E-state index contributed by atoms with van der Waals surface area (Å²) in [6.45, 7) is 2.43. The van der Waals surface area contributed by atoms with Gasteiger partial charge in [-0.05, 0) is 55.0 Å². The maximum absolute atomic E-state index is 12.7. The molecule has 0 bridgehead atoms. The minimum atomic E-state index is -0.199. The molecule has 0 saturated heterocycles. The molecule has 1 aliphatic rings. The number of rotatable bonds is 3. The Labute approximate surface area is 146 Å². The Morgan fingerprint density at radius 2 is 2.24 bits per heavy atom. The summed E-state index contributed by atoms with van der Waals surface area (Å²) in [7, 11) is 0. The van der Waals surface area contributed by atoms with Gasteiger partial charge in [0.15, 0.2) is 0 Å². The van der Waals surface area contributed by atoms with Crippen LogP contribution >= 0.6 is 0 Å². The van der Waals surface area contributed by atoms with E-state index in [1.54, 1.807) is 6.07 Å². The van der Waals surface area contributed by atoms with Gasteiger partial charge in [-0.2, -0.15) is 0 Å². The van der Waals surface area contributed by atoms with Crippen LogP contribution in [-0.4, -0.2) is 20.4 Å². The van der Waals surface area contributed by atoms with Crippen LogP contribution in [-0.2, 0) is 17.8 Å². The van der Waals surface area contributed by atoms with Crippen molar-refractivity contribution in [1.82, 2.24) is 14.7 Å². The lowest BCUT2D eigenvalue weighted by molar-refractivity contribution is -0.123. The predicted molar refractivity (Wildman–Crippen MR) is 95.6 cm³/mol. The highest BCUT2D eigenvalue weighted by molar-refractivity contribution is 5.84. The molecule has 3 aromatic rings. The molecule has 2 aromatic heterocycles.